The van der Waals surface area contributed by atoms with Crippen LogP contribution in [0.2, 0.25) is 0 Å². The van der Waals surface area contributed by atoms with Crippen LogP contribution in [0.1, 0.15) is 28.4 Å². The highest BCUT2D eigenvalue weighted by Crippen LogP contribution is 2.23. The number of ether oxygens (including phenoxy) is 1. The standard InChI is InChI=1S/C21H27N3O2/c1-23-13-14-24(16-20(23)17-6-3-2-4-7-17)12-5-15-26-19-10-8-18(9-11-19)21(22)25/h2-4,6-11,20H,5,12-16H2,1H3,(H2,22,25)/t20-/m0/s1. The van der Waals surface area contributed by atoms with Gasteiger partial charge in [0.15, 0.2) is 0 Å². The Hall–Kier alpha value is -2.37. The van der Waals surface area contributed by atoms with E-state index >= 15 is 0 Å². The second-order valence-corrected chi connectivity index (χ2v) is 6.80. The molecule has 0 radical (unpaired) electrons. The molecule has 0 spiro atoms. The summed E-state index contributed by atoms with van der Waals surface area (Å²) in [7, 11) is 2.20. The summed E-state index contributed by atoms with van der Waals surface area (Å²) in [6.45, 7) is 4.91. The number of nitrogens with two attached hydrogens (primary N) is 1. The molecule has 2 N–H and O–H groups in total. The monoisotopic (exact) mass is 353 g/mol. The van der Waals surface area contributed by atoms with Crippen molar-refractivity contribution >= 4 is 5.91 Å². The van der Waals surface area contributed by atoms with Gasteiger partial charge in [-0.1, -0.05) is 30.3 Å². The summed E-state index contributed by atoms with van der Waals surface area (Å²) in [5, 5.41) is 0. The molecule has 1 saturated heterocycles. The van der Waals surface area contributed by atoms with Crippen molar-refractivity contribution in [2.24, 2.45) is 5.73 Å². The zero-order valence-corrected chi connectivity index (χ0v) is 15.3. The highest BCUT2D eigenvalue weighted by atomic mass is 16.5. The molecule has 0 saturated carbocycles. The van der Waals surface area contributed by atoms with E-state index in [1.807, 2.05) is 0 Å². The van der Waals surface area contributed by atoms with Gasteiger partial charge in [0.05, 0.1) is 6.61 Å². The number of carbonyl (C=O) groups is 1. The van der Waals surface area contributed by atoms with Crippen LogP contribution >= 0.6 is 0 Å². The lowest BCUT2D eigenvalue weighted by atomic mass is 10.0. The molecule has 0 aliphatic carbocycles. The maximum absolute atomic E-state index is 11.1. The quantitative estimate of drug-likeness (QED) is 0.777. The predicted octanol–water partition coefficient (Wildman–Crippen LogP) is 2.54. The van der Waals surface area contributed by atoms with Gasteiger partial charge in [-0.25, -0.2) is 0 Å². The van der Waals surface area contributed by atoms with Gasteiger partial charge in [0.25, 0.3) is 0 Å². The second-order valence-electron chi connectivity index (χ2n) is 6.80. The van der Waals surface area contributed by atoms with Crippen LogP contribution in [0.3, 0.4) is 0 Å². The van der Waals surface area contributed by atoms with Crippen molar-refractivity contribution in [1.82, 2.24) is 9.80 Å². The van der Waals surface area contributed by atoms with Crippen LogP contribution < -0.4 is 10.5 Å². The highest BCUT2D eigenvalue weighted by molar-refractivity contribution is 5.92. The van der Waals surface area contributed by atoms with Gasteiger partial charge in [-0.2, -0.15) is 0 Å². The lowest BCUT2D eigenvalue weighted by Crippen LogP contribution is -2.47. The van der Waals surface area contributed by atoms with Crippen LogP contribution in [0.25, 0.3) is 0 Å². The number of amides is 1. The van der Waals surface area contributed by atoms with Gasteiger partial charge in [-0.3, -0.25) is 9.69 Å². The van der Waals surface area contributed by atoms with Crippen molar-refractivity contribution in [3.05, 3.63) is 65.7 Å². The molecule has 1 amide bonds. The van der Waals surface area contributed by atoms with Crippen LogP contribution in [0, 0.1) is 0 Å². The maximum Gasteiger partial charge on any atom is 0.248 e. The molecule has 1 aliphatic rings. The molecule has 138 valence electrons. The van der Waals surface area contributed by atoms with Crippen molar-refractivity contribution in [3.63, 3.8) is 0 Å². The van der Waals surface area contributed by atoms with E-state index in [4.69, 9.17) is 10.5 Å². The van der Waals surface area contributed by atoms with E-state index in [1.165, 1.54) is 5.56 Å². The van der Waals surface area contributed by atoms with Crippen LogP contribution in [0.4, 0.5) is 0 Å². The van der Waals surface area contributed by atoms with E-state index in [9.17, 15) is 4.79 Å². The number of hydrogen-bond donors (Lipinski definition) is 1. The molecule has 2 aromatic carbocycles. The Morgan fingerprint density at radius 1 is 1.12 bits per heavy atom. The van der Waals surface area contributed by atoms with Gasteiger partial charge in [-0.15, -0.1) is 0 Å². The minimum absolute atomic E-state index is 0.417. The first kappa shape index (κ1) is 18.4. The summed E-state index contributed by atoms with van der Waals surface area (Å²) in [6, 6.07) is 18.1. The van der Waals surface area contributed by atoms with Gasteiger partial charge in [0.2, 0.25) is 5.91 Å². The summed E-state index contributed by atoms with van der Waals surface area (Å²) in [4.78, 5) is 16.0. The average Bonchev–Trinajstić information content (AvgIpc) is 2.67. The minimum Gasteiger partial charge on any atom is -0.494 e. The Morgan fingerprint density at radius 2 is 1.85 bits per heavy atom. The van der Waals surface area contributed by atoms with Gasteiger partial charge in [-0.05, 0) is 43.3 Å². The maximum atomic E-state index is 11.1. The third-order valence-electron chi connectivity index (χ3n) is 4.94. The van der Waals surface area contributed by atoms with Crippen LogP contribution in [-0.2, 0) is 0 Å². The predicted molar refractivity (Wildman–Crippen MR) is 103 cm³/mol. The first-order valence-electron chi connectivity index (χ1n) is 9.13. The third-order valence-corrected chi connectivity index (χ3v) is 4.94. The summed E-state index contributed by atoms with van der Waals surface area (Å²) in [5.74, 6) is 0.357. The zero-order valence-electron chi connectivity index (χ0n) is 15.3. The Morgan fingerprint density at radius 3 is 2.54 bits per heavy atom. The van der Waals surface area contributed by atoms with Crippen molar-refractivity contribution in [1.29, 1.82) is 0 Å². The molecule has 5 nitrogen and oxygen atoms in total. The summed E-state index contributed by atoms with van der Waals surface area (Å²) < 4.78 is 5.78. The molecule has 0 unspecified atom stereocenters. The second kappa shape index (κ2) is 8.83. The number of benzene rings is 2. The lowest BCUT2D eigenvalue weighted by Gasteiger charge is -2.39. The Balaban J connectivity index is 1.44. The van der Waals surface area contributed by atoms with E-state index in [2.05, 4.69) is 47.2 Å². The fourth-order valence-electron chi connectivity index (χ4n) is 3.36. The molecule has 1 heterocycles. The molecule has 3 rings (SSSR count). The first-order valence-corrected chi connectivity index (χ1v) is 9.13. The fraction of sp³-hybridized carbons (Fsp3) is 0.381. The van der Waals surface area contributed by atoms with Crippen molar-refractivity contribution in [2.75, 3.05) is 39.8 Å². The Bertz CT molecular complexity index is 703. The zero-order chi connectivity index (χ0) is 18.4. The molecule has 26 heavy (non-hydrogen) atoms. The molecule has 2 aromatic rings. The number of primary amides is 1. The van der Waals surface area contributed by atoms with Crippen LogP contribution in [0.5, 0.6) is 5.75 Å². The van der Waals surface area contributed by atoms with Gasteiger partial charge in [0.1, 0.15) is 5.75 Å². The number of rotatable bonds is 7. The number of hydrogen-bond acceptors (Lipinski definition) is 4. The topological polar surface area (TPSA) is 58.8 Å². The average molecular weight is 353 g/mol. The number of carbonyl (C=O) groups excluding carboxylic acids is 1. The molecule has 0 aromatic heterocycles. The van der Waals surface area contributed by atoms with Gasteiger partial charge < -0.3 is 15.4 Å². The van der Waals surface area contributed by atoms with Crippen LogP contribution in [0.15, 0.2) is 54.6 Å². The SMILES string of the molecule is CN1CCN(CCCOc2ccc(C(N)=O)cc2)C[C@H]1c1ccccc1. The summed E-state index contributed by atoms with van der Waals surface area (Å²) in [5.41, 5.74) is 7.12. The van der Waals surface area contributed by atoms with E-state index in [0.717, 1.165) is 38.3 Å². The van der Waals surface area contributed by atoms with Crippen molar-refractivity contribution in [2.45, 2.75) is 12.5 Å². The van der Waals surface area contributed by atoms with E-state index < -0.39 is 5.91 Å². The minimum atomic E-state index is -0.417. The van der Waals surface area contributed by atoms with Crippen molar-refractivity contribution in [3.8, 4) is 5.75 Å². The molecule has 5 heteroatoms. The fourth-order valence-corrected chi connectivity index (χ4v) is 3.36. The molecule has 1 atom stereocenters. The number of nitrogens with zero attached hydrogens (tertiary/aromatic N) is 2. The first-order chi connectivity index (χ1) is 12.6. The lowest BCUT2D eigenvalue weighted by molar-refractivity contribution is 0.0911. The van der Waals surface area contributed by atoms with E-state index in [1.54, 1.807) is 24.3 Å². The Kier molecular flexibility index (Phi) is 6.26. The van der Waals surface area contributed by atoms with E-state index in [0.29, 0.717) is 18.2 Å². The largest absolute Gasteiger partial charge is 0.494 e. The molecular weight excluding hydrogens is 326 g/mol. The van der Waals surface area contributed by atoms with Crippen molar-refractivity contribution < 1.29 is 9.53 Å². The van der Waals surface area contributed by atoms with Crippen LogP contribution in [-0.4, -0.2) is 55.5 Å². The molecule has 1 fully saturated rings. The summed E-state index contributed by atoms with van der Waals surface area (Å²) in [6.07, 6.45) is 0.975. The molecular formula is C21H27N3O2. The normalized spacial score (nSPS) is 18.6. The third kappa shape index (κ3) is 4.84. The molecule has 1 aliphatic heterocycles. The Labute approximate surface area is 155 Å². The van der Waals surface area contributed by atoms with Gasteiger partial charge in [0, 0.05) is 37.8 Å². The van der Waals surface area contributed by atoms with E-state index in [-0.39, 0.29) is 0 Å². The molecule has 0 bridgehead atoms. The number of likely N-dealkylation sites (N-methyl/N-ethyl adjacent to an activating group) is 1. The smallest absolute Gasteiger partial charge is 0.248 e. The summed E-state index contributed by atoms with van der Waals surface area (Å²) >= 11 is 0. The van der Waals surface area contributed by atoms with Gasteiger partial charge >= 0.3 is 0 Å². The number of piperazine rings is 1. The highest BCUT2D eigenvalue weighted by Gasteiger charge is 2.25.